The summed E-state index contributed by atoms with van der Waals surface area (Å²) in [5.41, 5.74) is 4.84. The van der Waals surface area contributed by atoms with Gasteiger partial charge in [0, 0.05) is 13.6 Å². The van der Waals surface area contributed by atoms with Crippen molar-refractivity contribution in [2.45, 2.75) is 57.5 Å². The molecule has 0 saturated carbocycles. The van der Waals surface area contributed by atoms with Crippen molar-refractivity contribution in [1.29, 1.82) is 0 Å². The third-order valence-corrected chi connectivity index (χ3v) is 6.10. The molecule has 2 saturated heterocycles. The minimum Gasteiger partial charge on any atom is -0.451 e. The fraction of sp³-hybridized carbons (Fsp3) is 0.565. The van der Waals surface area contributed by atoms with E-state index in [-0.39, 0.29) is 31.2 Å². The number of esters is 1. The molecule has 37 heavy (non-hydrogen) atoms. The quantitative estimate of drug-likeness (QED) is 0.204. The predicted octanol–water partition coefficient (Wildman–Crippen LogP) is -2.19. The maximum Gasteiger partial charge on any atom is 0.329 e. The van der Waals surface area contributed by atoms with Gasteiger partial charge in [-0.2, -0.15) is 0 Å². The van der Waals surface area contributed by atoms with Gasteiger partial charge in [0.05, 0.1) is 12.3 Å². The summed E-state index contributed by atoms with van der Waals surface area (Å²) in [7, 11) is 1.09. The van der Waals surface area contributed by atoms with E-state index in [9.17, 15) is 33.9 Å². The molecule has 0 spiro atoms. The van der Waals surface area contributed by atoms with Crippen LogP contribution in [0.15, 0.2) is 24.9 Å². The highest BCUT2D eigenvalue weighted by Gasteiger charge is 2.45. The molecule has 2 aliphatic heterocycles. The summed E-state index contributed by atoms with van der Waals surface area (Å²) in [4.78, 5) is 84.7. The Morgan fingerprint density at radius 1 is 1.24 bits per heavy atom. The SMILES string of the molecule is C=CCON1C(=O)[C@H]([C@@H](O)C(N)=O)N(C)C(=O)[C@H](C)OC(=O)[C@@H]2C[C@H](C)CN2C(=O)C(=C)NC(=O)[C@@H]1C. The minimum absolute atomic E-state index is 0.0907. The van der Waals surface area contributed by atoms with Gasteiger partial charge in [-0.25, -0.2) is 9.86 Å². The van der Waals surface area contributed by atoms with E-state index in [1.165, 1.54) is 24.8 Å². The van der Waals surface area contributed by atoms with Crippen molar-refractivity contribution in [3.05, 3.63) is 24.9 Å². The molecular formula is C23H33N5O9. The number of nitrogens with two attached hydrogens (primary N) is 1. The average molecular weight is 524 g/mol. The number of amides is 5. The topological polar surface area (TPSA) is 189 Å². The number of aliphatic hydroxyl groups is 1. The smallest absolute Gasteiger partial charge is 0.329 e. The first-order valence-corrected chi connectivity index (χ1v) is 11.5. The molecule has 14 heteroatoms. The first kappa shape index (κ1) is 29.5. The second-order valence-electron chi connectivity index (χ2n) is 9.03. The van der Waals surface area contributed by atoms with Crippen LogP contribution in [0.2, 0.25) is 0 Å². The van der Waals surface area contributed by atoms with Gasteiger partial charge in [0.25, 0.3) is 17.7 Å². The highest BCUT2D eigenvalue weighted by atomic mass is 16.7. The van der Waals surface area contributed by atoms with Gasteiger partial charge < -0.3 is 30.7 Å². The van der Waals surface area contributed by atoms with Crippen LogP contribution in [0.1, 0.15) is 27.2 Å². The number of nitrogens with zero attached hydrogens (tertiary/aromatic N) is 3. The van der Waals surface area contributed by atoms with Crippen molar-refractivity contribution in [3.63, 3.8) is 0 Å². The summed E-state index contributed by atoms with van der Waals surface area (Å²) in [6, 6.07) is -4.46. The van der Waals surface area contributed by atoms with Crippen LogP contribution >= 0.6 is 0 Å². The highest BCUT2D eigenvalue weighted by Crippen LogP contribution is 2.26. The normalized spacial score (nSPS) is 29.2. The van der Waals surface area contributed by atoms with Crippen molar-refractivity contribution < 1.29 is 43.4 Å². The molecular weight excluding hydrogens is 490 g/mol. The summed E-state index contributed by atoms with van der Waals surface area (Å²) < 4.78 is 5.30. The molecule has 0 aromatic heterocycles. The predicted molar refractivity (Wildman–Crippen MR) is 126 cm³/mol. The zero-order valence-corrected chi connectivity index (χ0v) is 21.2. The van der Waals surface area contributed by atoms with Crippen LogP contribution in [-0.2, 0) is 38.3 Å². The summed E-state index contributed by atoms with van der Waals surface area (Å²) >= 11 is 0. The Bertz CT molecular complexity index is 999. The van der Waals surface area contributed by atoms with Gasteiger partial charge in [0.15, 0.2) is 12.2 Å². The van der Waals surface area contributed by atoms with Gasteiger partial charge in [0.2, 0.25) is 11.8 Å². The molecule has 0 aromatic rings. The lowest BCUT2D eigenvalue weighted by molar-refractivity contribution is -0.204. The maximum atomic E-state index is 13.5. The fourth-order valence-electron chi connectivity index (χ4n) is 4.11. The third-order valence-electron chi connectivity index (χ3n) is 6.10. The Morgan fingerprint density at radius 2 is 1.86 bits per heavy atom. The number of cyclic esters (lactones) is 1. The second kappa shape index (κ2) is 12.0. The first-order chi connectivity index (χ1) is 17.2. The number of aliphatic hydroxyl groups excluding tert-OH is 1. The molecule has 0 aromatic carbocycles. The van der Waals surface area contributed by atoms with E-state index >= 15 is 0 Å². The molecule has 0 aliphatic carbocycles. The van der Waals surface area contributed by atoms with E-state index in [0.29, 0.717) is 9.96 Å². The summed E-state index contributed by atoms with van der Waals surface area (Å²) in [6.07, 6.45) is -2.19. The molecule has 0 bridgehead atoms. The number of hydroxylamine groups is 2. The van der Waals surface area contributed by atoms with Crippen LogP contribution in [0.25, 0.3) is 0 Å². The van der Waals surface area contributed by atoms with Crippen LogP contribution in [-0.4, -0.2) is 106 Å². The van der Waals surface area contributed by atoms with E-state index in [0.717, 1.165) is 7.05 Å². The van der Waals surface area contributed by atoms with Crippen LogP contribution in [0.5, 0.6) is 0 Å². The lowest BCUT2D eigenvalue weighted by atomic mass is 10.1. The Morgan fingerprint density at radius 3 is 2.43 bits per heavy atom. The van der Waals surface area contributed by atoms with Crippen LogP contribution < -0.4 is 11.1 Å². The summed E-state index contributed by atoms with van der Waals surface area (Å²) in [6.45, 7) is 11.3. The first-order valence-electron chi connectivity index (χ1n) is 11.5. The number of hydrogen-bond donors (Lipinski definition) is 3. The Labute approximate surface area is 213 Å². The largest absolute Gasteiger partial charge is 0.451 e. The van der Waals surface area contributed by atoms with Crippen LogP contribution in [0.3, 0.4) is 0 Å². The third kappa shape index (κ3) is 6.32. The van der Waals surface area contributed by atoms with Gasteiger partial charge in [-0.3, -0.25) is 28.8 Å². The number of nitrogens with one attached hydrogen (secondary N) is 1. The van der Waals surface area contributed by atoms with E-state index < -0.39 is 65.8 Å². The lowest BCUT2D eigenvalue weighted by Crippen LogP contribution is -2.62. The summed E-state index contributed by atoms with van der Waals surface area (Å²) in [5.74, 6) is -6.12. The molecule has 0 unspecified atom stereocenters. The zero-order chi connectivity index (χ0) is 28.2. The van der Waals surface area contributed by atoms with E-state index in [1.807, 2.05) is 6.92 Å². The number of carbonyl (C=O) groups excluding carboxylic acids is 6. The molecule has 4 N–H and O–H groups in total. The number of hydrogen-bond acceptors (Lipinski definition) is 9. The average Bonchev–Trinajstić information content (AvgIpc) is 3.23. The van der Waals surface area contributed by atoms with Gasteiger partial charge in [-0.05, 0) is 26.2 Å². The van der Waals surface area contributed by atoms with E-state index in [4.69, 9.17) is 15.3 Å². The lowest BCUT2D eigenvalue weighted by Gasteiger charge is -2.36. The zero-order valence-electron chi connectivity index (χ0n) is 21.2. The molecule has 2 fully saturated rings. The summed E-state index contributed by atoms with van der Waals surface area (Å²) in [5, 5.41) is 13.3. The van der Waals surface area contributed by atoms with Crippen molar-refractivity contribution in [1.82, 2.24) is 20.2 Å². The van der Waals surface area contributed by atoms with Gasteiger partial charge in [-0.1, -0.05) is 19.6 Å². The van der Waals surface area contributed by atoms with E-state index in [2.05, 4.69) is 18.5 Å². The highest BCUT2D eigenvalue weighted by molar-refractivity contribution is 6.02. The van der Waals surface area contributed by atoms with Crippen molar-refractivity contribution in [3.8, 4) is 0 Å². The van der Waals surface area contributed by atoms with Crippen molar-refractivity contribution in [2.75, 3.05) is 20.2 Å². The van der Waals surface area contributed by atoms with Crippen molar-refractivity contribution in [2.24, 2.45) is 11.7 Å². The number of likely N-dealkylation sites (N-methyl/N-ethyl adjacent to an activating group) is 1. The number of rotatable bonds is 5. The second-order valence-corrected chi connectivity index (χ2v) is 9.03. The van der Waals surface area contributed by atoms with E-state index in [1.54, 1.807) is 0 Å². The number of primary amides is 1. The molecule has 6 atom stereocenters. The van der Waals surface area contributed by atoms with Gasteiger partial charge in [0.1, 0.15) is 18.1 Å². The minimum atomic E-state index is -2.21. The van der Waals surface area contributed by atoms with Gasteiger partial charge >= 0.3 is 5.97 Å². The maximum absolute atomic E-state index is 13.5. The molecule has 5 amide bonds. The Hall–Kier alpha value is -3.78. The molecule has 14 nitrogen and oxygen atoms in total. The number of fused-ring (bicyclic) bond motifs is 1. The fourth-order valence-corrected chi connectivity index (χ4v) is 4.11. The molecule has 204 valence electrons. The monoisotopic (exact) mass is 523 g/mol. The molecule has 0 radical (unpaired) electrons. The molecule has 2 aliphatic rings. The van der Waals surface area contributed by atoms with Gasteiger partial charge in [-0.15, -0.1) is 6.58 Å². The Kier molecular flexibility index (Phi) is 9.53. The Balaban J connectivity index is 2.61. The number of ether oxygens (including phenoxy) is 1. The van der Waals surface area contributed by atoms with Crippen LogP contribution in [0, 0.1) is 5.92 Å². The molecule has 2 rings (SSSR count). The molecule has 2 heterocycles. The van der Waals surface area contributed by atoms with Crippen LogP contribution in [0.4, 0.5) is 0 Å². The number of carbonyl (C=O) groups is 6. The van der Waals surface area contributed by atoms with Crippen molar-refractivity contribution >= 4 is 35.5 Å². The standard InChI is InChI=1S/C23H33N5O9/c1-7-8-36-28-13(4)19(31)25-12(3)20(32)27-10-11(2)9-15(27)23(35)37-14(5)21(33)26(6)16(22(28)34)17(29)18(24)30/h7,11,13-17,29H,1,3,8-10H2,2,4-6H3,(H2,24,30)(H,25,31)/t11-,13-,14-,15-,16-,17+/m0/s1.